The van der Waals surface area contributed by atoms with Crippen molar-refractivity contribution in [3.8, 4) is 0 Å². The van der Waals surface area contributed by atoms with Crippen molar-refractivity contribution in [3.05, 3.63) is 33.1 Å². The Morgan fingerprint density at radius 3 is 2.94 bits per heavy atom. The molecule has 1 heterocycles. The molecule has 7 heteroatoms. The van der Waals surface area contributed by atoms with Crippen LogP contribution in [-0.4, -0.2) is 30.4 Å². The topological polar surface area (TPSA) is 86.9 Å². The number of rotatable bonds is 5. The Hall–Kier alpha value is -2.01. The highest BCUT2D eigenvalue weighted by molar-refractivity contribution is 5.40. The van der Waals surface area contributed by atoms with Crippen LogP contribution in [0, 0.1) is 0 Å². The third kappa shape index (κ3) is 3.29. The van der Waals surface area contributed by atoms with Gasteiger partial charge < -0.3 is 4.90 Å². The molecule has 0 saturated heterocycles. The van der Waals surface area contributed by atoms with Gasteiger partial charge in [-0.25, -0.2) is 4.68 Å². The summed E-state index contributed by atoms with van der Waals surface area (Å²) >= 11 is 0. The predicted molar refractivity (Wildman–Crippen MR) is 61.5 cm³/mol. The minimum absolute atomic E-state index is 0.146. The number of nitrogens with zero attached hydrogens (tertiary/aromatic N) is 6. The minimum Gasteiger partial charge on any atom is -0.376 e. The number of aromatic nitrogens is 2. The largest absolute Gasteiger partial charge is 0.376 e. The lowest BCUT2D eigenvalue weighted by Crippen LogP contribution is -2.24. The second-order valence-corrected chi connectivity index (χ2v) is 3.48. The molecule has 0 amide bonds. The second kappa shape index (κ2) is 5.77. The Labute approximate surface area is 92.9 Å². The van der Waals surface area contributed by atoms with Gasteiger partial charge in [0.2, 0.25) is 0 Å². The van der Waals surface area contributed by atoms with Crippen molar-refractivity contribution in [1.82, 2.24) is 9.78 Å². The Bertz CT molecular complexity index is 446. The van der Waals surface area contributed by atoms with Gasteiger partial charge in [0.15, 0.2) is 0 Å². The molecule has 7 nitrogen and oxygen atoms in total. The summed E-state index contributed by atoms with van der Waals surface area (Å²) in [5, 5.41) is 7.42. The van der Waals surface area contributed by atoms with Gasteiger partial charge in [0, 0.05) is 38.2 Å². The highest BCUT2D eigenvalue weighted by atomic mass is 16.1. The van der Waals surface area contributed by atoms with Crippen LogP contribution >= 0.6 is 0 Å². The molecule has 0 aromatic carbocycles. The third-order valence-corrected chi connectivity index (χ3v) is 2.06. The Balaban J connectivity index is 2.68. The maximum atomic E-state index is 11.6. The molecule has 0 fully saturated rings. The summed E-state index contributed by atoms with van der Waals surface area (Å²) in [5.74, 6) is 0. The van der Waals surface area contributed by atoms with Gasteiger partial charge in [-0.15, -0.1) is 0 Å². The average molecular weight is 222 g/mol. The van der Waals surface area contributed by atoms with Gasteiger partial charge in [-0.1, -0.05) is 5.11 Å². The summed E-state index contributed by atoms with van der Waals surface area (Å²) in [4.78, 5) is 16.0. The number of aryl methyl sites for hydroxylation is 1. The number of anilines is 1. The van der Waals surface area contributed by atoms with Gasteiger partial charge in [-0.05, 0) is 12.0 Å². The number of azide groups is 1. The normalized spacial score (nSPS) is 9.62. The van der Waals surface area contributed by atoms with Crippen LogP contribution in [0.4, 0.5) is 5.69 Å². The first-order valence-corrected chi connectivity index (χ1v) is 4.90. The lowest BCUT2D eigenvalue weighted by Gasteiger charge is -2.12. The first-order chi connectivity index (χ1) is 7.65. The highest BCUT2D eigenvalue weighted by Crippen LogP contribution is 2.03. The molecule has 0 bridgehead atoms. The molecule has 0 spiro atoms. The van der Waals surface area contributed by atoms with Crippen molar-refractivity contribution in [2.24, 2.45) is 5.11 Å². The molecule has 0 aliphatic heterocycles. The zero-order chi connectivity index (χ0) is 12.0. The van der Waals surface area contributed by atoms with E-state index in [1.807, 2.05) is 19.0 Å². The van der Waals surface area contributed by atoms with E-state index in [0.29, 0.717) is 19.5 Å². The molecule has 0 aliphatic rings. The predicted octanol–water partition coefficient (Wildman–Crippen LogP) is 1.01. The van der Waals surface area contributed by atoms with E-state index < -0.39 is 0 Å². The van der Waals surface area contributed by atoms with E-state index in [1.165, 1.54) is 10.7 Å². The van der Waals surface area contributed by atoms with Crippen LogP contribution in [0.25, 0.3) is 10.4 Å². The SMILES string of the molecule is CN(C)c1cnn(CCCN=[N+]=[N-])c(=O)c1. The van der Waals surface area contributed by atoms with Crippen molar-refractivity contribution in [3.63, 3.8) is 0 Å². The van der Waals surface area contributed by atoms with E-state index in [9.17, 15) is 4.79 Å². The fourth-order valence-corrected chi connectivity index (χ4v) is 1.17. The zero-order valence-corrected chi connectivity index (χ0v) is 9.37. The first-order valence-electron chi connectivity index (χ1n) is 4.90. The molecular weight excluding hydrogens is 208 g/mol. The van der Waals surface area contributed by atoms with Crippen LogP contribution in [0.5, 0.6) is 0 Å². The first kappa shape index (κ1) is 12.1. The van der Waals surface area contributed by atoms with Gasteiger partial charge in [-0.2, -0.15) is 5.10 Å². The van der Waals surface area contributed by atoms with Crippen LogP contribution in [0.3, 0.4) is 0 Å². The highest BCUT2D eigenvalue weighted by Gasteiger charge is 2.00. The number of hydrogen-bond donors (Lipinski definition) is 0. The molecule has 1 rings (SSSR count). The summed E-state index contributed by atoms with van der Waals surface area (Å²) in [6.07, 6.45) is 2.24. The summed E-state index contributed by atoms with van der Waals surface area (Å²) in [6.45, 7) is 0.839. The summed E-state index contributed by atoms with van der Waals surface area (Å²) in [5.41, 5.74) is 8.71. The minimum atomic E-state index is -0.146. The second-order valence-electron chi connectivity index (χ2n) is 3.48. The van der Waals surface area contributed by atoms with Gasteiger partial charge in [0.25, 0.3) is 5.56 Å². The van der Waals surface area contributed by atoms with Crippen molar-refractivity contribution < 1.29 is 0 Å². The molecule has 86 valence electrons. The van der Waals surface area contributed by atoms with E-state index >= 15 is 0 Å². The zero-order valence-electron chi connectivity index (χ0n) is 9.37. The van der Waals surface area contributed by atoms with Gasteiger partial charge in [0.05, 0.1) is 11.9 Å². The van der Waals surface area contributed by atoms with E-state index in [4.69, 9.17) is 5.53 Å². The molecule has 0 atom stereocenters. The van der Waals surface area contributed by atoms with Crippen molar-refractivity contribution in [2.45, 2.75) is 13.0 Å². The fraction of sp³-hybridized carbons (Fsp3) is 0.556. The summed E-state index contributed by atoms with van der Waals surface area (Å²) < 4.78 is 1.36. The quantitative estimate of drug-likeness (QED) is 0.322. The van der Waals surface area contributed by atoms with Crippen molar-refractivity contribution in [1.29, 1.82) is 0 Å². The van der Waals surface area contributed by atoms with Crippen LogP contribution in [0.2, 0.25) is 0 Å². The molecule has 0 saturated carbocycles. The van der Waals surface area contributed by atoms with Gasteiger partial charge in [0.1, 0.15) is 0 Å². The fourth-order valence-electron chi connectivity index (χ4n) is 1.17. The molecule has 1 aromatic heterocycles. The average Bonchev–Trinajstić information content (AvgIpc) is 2.26. The van der Waals surface area contributed by atoms with Crippen LogP contribution in [0.15, 0.2) is 22.2 Å². The van der Waals surface area contributed by atoms with E-state index in [0.717, 1.165) is 5.69 Å². The summed E-state index contributed by atoms with van der Waals surface area (Å²) in [6, 6.07) is 1.53. The molecule has 0 unspecified atom stereocenters. The molecule has 0 radical (unpaired) electrons. The molecular formula is C9H14N6O. The van der Waals surface area contributed by atoms with Crippen LogP contribution in [0.1, 0.15) is 6.42 Å². The van der Waals surface area contributed by atoms with Crippen molar-refractivity contribution >= 4 is 5.69 Å². The Morgan fingerprint density at radius 2 is 2.38 bits per heavy atom. The molecule has 16 heavy (non-hydrogen) atoms. The third-order valence-electron chi connectivity index (χ3n) is 2.06. The lowest BCUT2D eigenvalue weighted by molar-refractivity contribution is 0.553. The maximum Gasteiger partial charge on any atom is 0.268 e. The van der Waals surface area contributed by atoms with Crippen LogP contribution in [-0.2, 0) is 6.54 Å². The lowest BCUT2D eigenvalue weighted by atomic mass is 10.4. The van der Waals surface area contributed by atoms with E-state index in [-0.39, 0.29) is 5.56 Å². The smallest absolute Gasteiger partial charge is 0.268 e. The van der Waals surface area contributed by atoms with E-state index in [2.05, 4.69) is 15.1 Å². The molecule has 0 N–H and O–H groups in total. The number of hydrogen-bond acceptors (Lipinski definition) is 4. The van der Waals surface area contributed by atoms with Crippen LogP contribution < -0.4 is 10.5 Å². The monoisotopic (exact) mass is 222 g/mol. The molecule has 0 aliphatic carbocycles. The maximum absolute atomic E-state index is 11.6. The Morgan fingerprint density at radius 1 is 1.62 bits per heavy atom. The summed E-state index contributed by atoms with van der Waals surface area (Å²) in [7, 11) is 3.70. The van der Waals surface area contributed by atoms with Crippen molar-refractivity contribution in [2.75, 3.05) is 25.5 Å². The van der Waals surface area contributed by atoms with E-state index in [1.54, 1.807) is 6.20 Å². The van der Waals surface area contributed by atoms with Gasteiger partial charge in [-0.3, -0.25) is 4.79 Å². The Kier molecular flexibility index (Phi) is 4.35. The molecule has 1 aromatic rings. The van der Waals surface area contributed by atoms with Gasteiger partial charge >= 0.3 is 0 Å². The standard InChI is InChI=1S/C9H14N6O/c1-14(2)8-6-9(16)15(12-7-8)5-3-4-11-13-10/h6-7H,3-5H2,1-2H3.